The van der Waals surface area contributed by atoms with E-state index in [9.17, 15) is 5.11 Å². The molecule has 3 heteroatoms. The predicted octanol–water partition coefficient (Wildman–Crippen LogP) is 2.78. The fraction of sp³-hybridized carbons (Fsp3) is 0.625. The zero-order valence-corrected chi connectivity index (χ0v) is 12.2. The van der Waals surface area contributed by atoms with Crippen LogP contribution in [0.25, 0.3) is 0 Å². The number of aliphatic hydroxyl groups is 1. The molecule has 0 aliphatic heterocycles. The molecule has 19 heavy (non-hydrogen) atoms. The van der Waals surface area contributed by atoms with Crippen LogP contribution in [0.1, 0.15) is 43.4 Å². The van der Waals surface area contributed by atoms with E-state index in [4.69, 9.17) is 4.74 Å². The maximum absolute atomic E-state index is 10.5. The molecule has 0 amide bonds. The van der Waals surface area contributed by atoms with Gasteiger partial charge in [0, 0.05) is 6.04 Å². The van der Waals surface area contributed by atoms with E-state index < -0.39 is 6.10 Å². The maximum Gasteiger partial charge on any atom is 0.119 e. The van der Waals surface area contributed by atoms with Crippen LogP contribution >= 0.6 is 0 Å². The van der Waals surface area contributed by atoms with Crippen molar-refractivity contribution in [2.24, 2.45) is 0 Å². The molecule has 0 radical (unpaired) electrons. The Bertz CT molecular complexity index is 419. The van der Waals surface area contributed by atoms with E-state index in [0.29, 0.717) is 0 Å². The van der Waals surface area contributed by atoms with Crippen molar-refractivity contribution in [3.63, 3.8) is 0 Å². The van der Waals surface area contributed by atoms with Gasteiger partial charge in [-0.15, -0.1) is 0 Å². The molecule has 0 spiro atoms. The standard InChI is InChI=1S/C16H25NO2/c1-4-5-6-9-17(2)15-10-12-7-8-13(19-3)11-14(12)16(15)18/h7-8,11,15-16,18H,4-6,9-10H2,1-3H3. The summed E-state index contributed by atoms with van der Waals surface area (Å²) in [6.45, 7) is 3.27. The number of hydrogen-bond acceptors (Lipinski definition) is 3. The molecule has 1 aliphatic carbocycles. The third-order valence-corrected chi connectivity index (χ3v) is 4.15. The molecule has 2 rings (SSSR count). The van der Waals surface area contributed by atoms with E-state index in [1.165, 1.54) is 24.8 Å². The first-order valence-electron chi connectivity index (χ1n) is 7.22. The summed E-state index contributed by atoms with van der Waals surface area (Å²) >= 11 is 0. The average Bonchev–Trinajstić information content (AvgIpc) is 2.76. The Morgan fingerprint density at radius 1 is 1.37 bits per heavy atom. The summed E-state index contributed by atoms with van der Waals surface area (Å²) in [5.41, 5.74) is 2.28. The summed E-state index contributed by atoms with van der Waals surface area (Å²) in [6, 6.07) is 6.24. The van der Waals surface area contributed by atoms with Crippen LogP contribution in [0.5, 0.6) is 5.75 Å². The largest absolute Gasteiger partial charge is 0.497 e. The van der Waals surface area contributed by atoms with Crippen LogP contribution in [-0.4, -0.2) is 36.8 Å². The Balaban J connectivity index is 2.03. The van der Waals surface area contributed by atoms with E-state index >= 15 is 0 Å². The molecule has 0 saturated heterocycles. The molecule has 0 heterocycles. The monoisotopic (exact) mass is 263 g/mol. The molecule has 106 valence electrons. The Labute approximate surface area is 116 Å². The fourth-order valence-corrected chi connectivity index (χ4v) is 2.88. The van der Waals surface area contributed by atoms with Crippen molar-refractivity contribution >= 4 is 0 Å². The molecule has 0 fully saturated rings. The van der Waals surface area contributed by atoms with E-state index in [1.54, 1.807) is 7.11 Å². The molecular weight excluding hydrogens is 238 g/mol. The molecule has 1 N–H and O–H groups in total. The van der Waals surface area contributed by atoms with E-state index in [2.05, 4.69) is 24.9 Å². The van der Waals surface area contributed by atoms with Crippen molar-refractivity contribution < 1.29 is 9.84 Å². The number of hydrogen-bond donors (Lipinski definition) is 1. The van der Waals surface area contributed by atoms with Gasteiger partial charge in [-0.25, -0.2) is 0 Å². The van der Waals surface area contributed by atoms with Gasteiger partial charge < -0.3 is 14.7 Å². The van der Waals surface area contributed by atoms with Gasteiger partial charge in [0.15, 0.2) is 0 Å². The first-order chi connectivity index (χ1) is 9.17. The smallest absolute Gasteiger partial charge is 0.119 e. The van der Waals surface area contributed by atoms with Crippen LogP contribution in [0.4, 0.5) is 0 Å². The molecule has 0 bridgehead atoms. The molecule has 3 nitrogen and oxygen atoms in total. The second-order valence-corrected chi connectivity index (χ2v) is 5.47. The minimum Gasteiger partial charge on any atom is -0.497 e. The van der Waals surface area contributed by atoms with Gasteiger partial charge in [0.05, 0.1) is 13.2 Å². The van der Waals surface area contributed by atoms with Crippen molar-refractivity contribution in [3.05, 3.63) is 29.3 Å². The Morgan fingerprint density at radius 3 is 2.84 bits per heavy atom. The lowest BCUT2D eigenvalue weighted by molar-refractivity contribution is 0.0750. The van der Waals surface area contributed by atoms with Crippen molar-refractivity contribution in [1.29, 1.82) is 0 Å². The van der Waals surface area contributed by atoms with Gasteiger partial charge in [-0.1, -0.05) is 25.8 Å². The van der Waals surface area contributed by atoms with Gasteiger partial charge in [-0.05, 0) is 49.7 Å². The van der Waals surface area contributed by atoms with Crippen LogP contribution in [0.15, 0.2) is 18.2 Å². The number of nitrogens with zero attached hydrogens (tertiary/aromatic N) is 1. The number of rotatable bonds is 6. The molecule has 1 aromatic rings. The lowest BCUT2D eigenvalue weighted by Gasteiger charge is -2.27. The van der Waals surface area contributed by atoms with Crippen molar-refractivity contribution in [3.8, 4) is 5.75 Å². The zero-order valence-electron chi connectivity index (χ0n) is 12.2. The number of fused-ring (bicyclic) bond motifs is 1. The first kappa shape index (κ1) is 14.4. The number of methoxy groups -OCH3 is 1. The second kappa shape index (κ2) is 6.40. The molecule has 0 aromatic heterocycles. The summed E-state index contributed by atoms with van der Waals surface area (Å²) in [7, 11) is 3.78. The van der Waals surface area contributed by atoms with Gasteiger partial charge in [-0.3, -0.25) is 0 Å². The number of aliphatic hydroxyl groups excluding tert-OH is 1. The summed E-state index contributed by atoms with van der Waals surface area (Å²) in [6.07, 6.45) is 4.24. The van der Waals surface area contributed by atoms with Crippen LogP contribution < -0.4 is 4.74 Å². The Hall–Kier alpha value is -1.06. The van der Waals surface area contributed by atoms with Gasteiger partial charge in [-0.2, -0.15) is 0 Å². The normalized spacial score (nSPS) is 21.7. The fourth-order valence-electron chi connectivity index (χ4n) is 2.88. The third kappa shape index (κ3) is 3.10. The second-order valence-electron chi connectivity index (χ2n) is 5.47. The number of likely N-dealkylation sites (N-methyl/N-ethyl adjacent to an activating group) is 1. The van der Waals surface area contributed by atoms with E-state index in [-0.39, 0.29) is 6.04 Å². The third-order valence-electron chi connectivity index (χ3n) is 4.15. The maximum atomic E-state index is 10.5. The predicted molar refractivity (Wildman–Crippen MR) is 77.6 cm³/mol. The van der Waals surface area contributed by atoms with Crippen LogP contribution in [0.3, 0.4) is 0 Å². The van der Waals surface area contributed by atoms with Crippen molar-refractivity contribution in [1.82, 2.24) is 4.90 Å². The van der Waals surface area contributed by atoms with Gasteiger partial charge in [0.2, 0.25) is 0 Å². The molecule has 1 aromatic carbocycles. The zero-order chi connectivity index (χ0) is 13.8. The summed E-state index contributed by atoms with van der Waals surface area (Å²) in [5, 5.41) is 10.5. The summed E-state index contributed by atoms with van der Waals surface area (Å²) < 4.78 is 5.24. The van der Waals surface area contributed by atoms with Crippen LogP contribution in [0.2, 0.25) is 0 Å². The van der Waals surface area contributed by atoms with Crippen molar-refractivity contribution in [2.75, 3.05) is 20.7 Å². The lowest BCUT2D eigenvalue weighted by Crippen LogP contribution is -2.35. The van der Waals surface area contributed by atoms with E-state index in [1.807, 2.05) is 12.1 Å². The SMILES string of the molecule is CCCCCN(C)C1Cc2ccc(OC)cc2C1O. The minimum atomic E-state index is -0.392. The molecule has 1 aliphatic rings. The number of ether oxygens (including phenoxy) is 1. The van der Waals surface area contributed by atoms with Gasteiger partial charge in [0.25, 0.3) is 0 Å². The van der Waals surface area contributed by atoms with Crippen LogP contribution in [0, 0.1) is 0 Å². The lowest BCUT2D eigenvalue weighted by atomic mass is 10.1. The van der Waals surface area contributed by atoms with Crippen LogP contribution in [-0.2, 0) is 6.42 Å². The quantitative estimate of drug-likeness (QED) is 0.801. The van der Waals surface area contributed by atoms with Gasteiger partial charge >= 0.3 is 0 Å². The molecule has 0 saturated carbocycles. The molecule has 2 atom stereocenters. The molecule has 2 unspecified atom stereocenters. The summed E-state index contributed by atoms with van der Waals surface area (Å²) in [5.74, 6) is 0.826. The number of benzene rings is 1. The first-order valence-corrected chi connectivity index (χ1v) is 7.22. The molecular formula is C16H25NO2. The van der Waals surface area contributed by atoms with Crippen molar-refractivity contribution in [2.45, 2.75) is 44.8 Å². The Kier molecular flexibility index (Phi) is 4.83. The minimum absolute atomic E-state index is 0.207. The highest BCUT2D eigenvalue weighted by molar-refractivity contribution is 5.41. The summed E-state index contributed by atoms with van der Waals surface area (Å²) in [4.78, 5) is 2.30. The van der Waals surface area contributed by atoms with Gasteiger partial charge in [0.1, 0.15) is 5.75 Å². The topological polar surface area (TPSA) is 32.7 Å². The highest BCUT2D eigenvalue weighted by atomic mass is 16.5. The van der Waals surface area contributed by atoms with E-state index in [0.717, 1.165) is 24.3 Å². The Morgan fingerprint density at radius 2 is 2.16 bits per heavy atom. The highest BCUT2D eigenvalue weighted by Crippen LogP contribution is 2.36. The highest BCUT2D eigenvalue weighted by Gasteiger charge is 2.33. The average molecular weight is 263 g/mol. The number of unbranched alkanes of at least 4 members (excludes halogenated alkanes) is 2.